The Morgan fingerprint density at radius 3 is 2.67 bits per heavy atom. The second kappa shape index (κ2) is 6.74. The number of anilines is 1. The smallest absolute Gasteiger partial charge is 0.130 e. The van der Waals surface area contributed by atoms with Crippen molar-refractivity contribution in [3.63, 3.8) is 0 Å². The highest BCUT2D eigenvalue weighted by atomic mass is 15.2. The van der Waals surface area contributed by atoms with Crippen molar-refractivity contribution in [3.8, 4) is 0 Å². The molecule has 1 heterocycles. The largest absolute Gasteiger partial charge is 0.370 e. The molecule has 0 aromatic carbocycles. The zero-order valence-corrected chi connectivity index (χ0v) is 12.5. The Morgan fingerprint density at radius 2 is 2.06 bits per heavy atom. The summed E-state index contributed by atoms with van der Waals surface area (Å²) in [5, 5.41) is 3.40. The number of hydrogen-bond acceptors (Lipinski definition) is 3. The zero-order chi connectivity index (χ0) is 13.6. The number of hydrogen-bond donors (Lipinski definition) is 1. The van der Waals surface area contributed by atoms with Gasteiger partial charge in [0.2, 0.25) is 0 Å². The van der Waals surface area contributed by atoms with Crippen molar-refractivity contribution in [1.29, 1.82) is 0 Å². The maximum atomic E-state index is 4.44. The van der Waals surface area contributed by atoms with Gasteiger partial charge in [0.15, 0.2) is 0 Å². The van der Waals surface area contributed by atoms with Gasteiger partial charge in [0.25, 0.3) is 0 Å². The zero-order valence-electron chi connectivity index (χ0n) is 12.5. The summed E-state index contributed by atoms with van der Waals surface area (Å²) in [7, 11) is 2.18. The Labute approximate surface area is 112 Å². The summed E-state index contributed by atoms with van der Waals surface area (Å²) in [4.78, 5) is 6.83. The fraction of sp³-hybridized carbons (Fsp3) is 0.667. The van der Waals surface area contributed by atoms with Gasteiger partial charge in [-0.3, -0.25) is 4.90 Å². The van der Waals surface area contributed by atoms with Crippen molar-refractivity contribution in [3.05, 3.63) is 23.9 Å². The molecule has 0 unspecified atom stereocenters. The van der Waals surface area contributed by atoms with Crippen molar-refractivity contribution in [2.45, 2.75) is 52.6 Å². The van der Waals surface area contributed by atoms with E-state index in [2.05, 4.69) is 56.0 Å². The van der Waals surface area contributed by atoms with Gasteiger partial charge >= 0.3 is 0 Å². The average molecular weight is 249 g/mol. The highest BCUT2D eigenvalue weighted by Crippen LogP contribution is 2.21. The molecule has 1 aromatic heterocycles. The monoisotopic (exact) mass is 249 g/mol. The Kier molecular flexibility index (Phi) is 5.60. The maximum absolute atomic E-state index is 4.44. The number of rotatable bonds is 7. The van der Waals surface area contributed by atoms with Gasteiger partial charge in [0, 0.05) is 30.4 Å². The minimum absolute atomic E-state index is 0.220. The van der Waals surface area contributed by atoms with Gasteiger partial charge in [-0.05, 0) is 39.8 Å². The van der Waals surface area contributed by atoms with Gasteiger partial charge in [0.1, 0.15) is 5.82 Å². The highest BCUT2D eigenvalue weighted by Gasteiger charge is 2.21. The van der Waals surface area contributed by atoms with E-state index in [1.165, 1.54) is 5.56 Å². The molecule has 0 bridgehead atoms. The second-order valence-electron chi connectivity index (χ2n) is 5.46. The molecule has 0 fully saturated rings. The van der Waals surface area contributed by atoms with Crippen LogP contribution in [0.4, 0.5) is 5.82 Å². The number of nitrogens with one attached hydrogen (secondary N) is 1. The molecule has 0 aliphatic rings. The van der Waals surface area contributed by atoms with E-state index in [0.717, 1.165) is 31.7 Å². The van der Waals surface area contributed by atoms with Crippen LogP contribution in [0.2, 0.25) is 0 Å². The van der Waals surface area contributed by atoms with Gasteiger partial charge in [0.05, 0.1) is 0 Å². The van der Waals surface area contributed by atoms with E-state index in [1.54, 1.807) is 0 Å². The fourth-order valence-corrected chi connectivity index (χ4v) is 1.71. The molecule has 1 N–H and O–H groups in total. The van der Waals surface area contributed by atoms with Crippen LogP contribution >= 0.6 is 0 Å². The summed E-state index contributed by atoms with van der Waals surface area (Å²) in [6.45, 7) is 10.9. The van der Waals surface area contributed by atoms with E-state index in [1.807, 2.05) is 12.3 Å². The van der Waals surface area contributed by atoms with Crippen LogP contribution in [0.5, 0.6) is 0 Å². The lowest BCUT2D eigenvalue weighted by atomic mass is 9.99. The summed E-state index contributed by atoms with van der Waals surface area (Å²) in [6.07, 6.45) is 4.11. The van der Waals surface area contributed by atoms with E-state index >= 15 is 0 Å². The summed E-state index contributed by atoms with van der Waals surface area (Å²) < 4.78 is 0. The van der Waals surface area contributed by atoms with Crippen LogP contribution in [0, 0.1) is 0 Å². The maximum Gasteiger partial charge on any atom is 0.130 e. The minimum Gasteiger partial charge on any atom is -0.370 e. The third-order valence-corrected chi connectivity index (χ3v) is 3.74. The molecule has 18 heavy (non-hydrogen) atoms. The van der Waals surface area contributed by atoms with Crippen LogP contribution in [-0.4, -0.2) is 29.0 Å². The molecule has 3 heteroatoms. The lowest BCUT2D eigenvalue weighted by molar-refractivity contribution is 0.143. The van der Waals surface area contributed by atoms with Crippen LogP contribution in [0.1, 0.15) is 46.1 Å². The van der Waals surface area contributed by atoms with E-state index in [0.29, 0.717) is 0 Å². The Bertz CT molecular complexity index is 361. The fourth-order valence-electron chi connectivity index (χ4n) is 1.71. The van der Waals surface area contributed by atoms with Gasteiger partial charge in [-0.15, -0.1) is 0 Å². The molecule has 0 radical (unpaired) electrons. The second-order valence-corrected chi connectivity index (χ2v) is 5.46. The van der Waals surface area contributed by atoms with Gasteiger partial charge in [-0.25, -0.2) is 4.98 Å². The number of pyridine rings is 1. The van der Waals surface area contributed by atoms with Gasteiger partial charge in [-0.1, -0.05) is 19.9 Å². The predicted octanol–water partition coefficient (Wildman–Crippen LogP) is 3.52. The average Bonchev–Trinajstić information content (AvgIpc) is 2.37. The number of nitrogens with zero attached hydrogens (tertiary/aromatic N) is 2. The third-order valence-electron chi connectivity index (χ3n) is 3.74. The molecule has 0 saturated heterocycles. The summed E-state index contributed by atoms with van der Waals surface area (Å²) >= 11 is 0. The van der Waals surface area contributed by atoms with E-state index in [-0.39, 0.29) is 5.54 Å². The quantitative estimate of drug-likeness (QED) is 0.801. The molecular formula is C15H27N3. The summed E-state index contributed by atoms with van der Waals surface area (Å²) in [5.41, 5.74) is 1.49. The Morgan fingerprint density at radius 1 is 1.33 bits per heavy atom. The van der Waals surface area contributed by atoms with Crippen LogP contribution in [0.25, 0.3) is 0 Å². The van der Waals surface area contributed by atoms with Crippen molar-refractivity contribution < 1.29 is 0 Å². The SMILES string of the molecule is CCCNc1ncccc1CN(C)C(C)(C)CC. The lowest BCUT2D eigenvalue weighted by Crippen LogP contribution is -2.40. The van der Waals surface area contributed by atoms with Gasteiger partial charge < -0.3 is 5.32 Å². The highest BCUT2D eigenvalue weighted by molar-refractivity contribution is 5.43. The summed E-state index contributed by atoms with van der Waals surface area (Å²) in [5.74, 6) is 1.03. The van der Waals surface area contributed by atoms with Crippen LogP contribution < -0.4 is 5.32 Å². The molecule has 1 aromatic rings. The van der Waals surface area contributed by atoms with Crippen LogP contribution in [0.3, 0.4) is 0 Å². The van der Waals surface area contributed by atoms with E-state index in [4.69, 9.17) is 0 Å². The molecular weight excluding hydrogens is 222 g/mol. The third kappa shape index (κ3) is 3.98. The molecule has 0 aliphatic heterocycles. The first-order valence-electron chi connectivity index (χ1n) is 6.90. The molecule has 102 valence electrons. The molecule has 0 atom stereocenters. The molecule has 3 nitrogen and oxygen atoms in total. The number of aromatic nitrogens is 1. The standard InChI is InChI=1S/C15H27N3/c1-6-10-16-14-13(9-8-11-17-14)12-18(5)15(3,4)7-2/h8-9,11H,6-7,10,12H2,1-5H3,(H,16,17). The Hall–Kier alpha value is -1.09. The van der Waals surface area contributed by atoms with Crippen LogP contribution in [0.15, 0.2) is 18.3 Å². The first-order chi connectivity index (χ1) is 8.51. The lowest BCUT2D eigenvalue weighted by Gasteiger charge is -2.35. The normalized spacial score (nSPS) is 11.9. The first-order valence-corrected chi connectivity index (χ1v) is 6.90. The summed E-state index contributed by atoms with van der Waals surface area (Å²) in [6, 6.07) is 4.17. The molecule has 0 saturated carbocycles. The molecule has 1 rings (SSSR count). The van der Waals surface area contributed by atoms with E-state index < -0.39 is 0 Å². The minimum atomic E-state index is 0.220. The van der Waals surface area contributed by atoms with E-state index in [9.17, 15) is 0 Å². The molecule has 0 spiro atoms. The Balaban J connectivity index is 2.77. The first kappa shape index (κ1) is 15.0. The van der Waals surface area contributed by atoms with Crippen molar-refractivity contribution in [2.75, 3.05) is 18.9 Å². The van der Waals surface area contributed by atoms with Gasteiger partial charge in [-0.2, -0.15) is 0 Å². The topological polar surface area (TPSA) is 28.2 Å². The van der Waals surface area contributed by atoms with Crippen molar-refractivity contribution >= 4 is 5.82 Å². The van der Waals surface area contributed by atoms with Crippen molar-refractivity contribution in [2.24, 2.45) is 0 Å². The predicted molar refractivity (Wildman–Crippen MR) is 78.9 cm³/mol. The molecule has 0 aliphatic carbocycles. The van der Waals surface area contributed by atoms with Crippen molar-refractivity contribution in [1.82, 2.24) is 9.88 Å². The molecule has 0 amide bonds. The van der Waals surface area contributed by atoms with Crippen LogP contribution in [-0.2, 0) is 6.54 Å².